The Morgan fingerprint density at radius 2 is 1.81 bits per heavy atom. The lowest BCUT2D eigenvalue weighted by molar-refractivity contribution is -0.143. The first-order valence-electron chi connectivity index (χ1n) is 10.0. The van der Waals surface area contributed by atoms with Crippen molar-refractivity contribution in [1.29, 1.82) is 0 Å². The molecule has 4 rings (SSSR count). The third-order valence-electron chi connectivity index (χ3n) is 5.26. The average Bonchev–Trinajstić information content (AvgIpc) is 3.22. The van der Waals surface area contributed by atoms with Crippen LogP contribution in [-0.4, -0.2) is 49.9 Å². The van der Waals surface area contributed by atoms with E-state index in [-0.39, 0.29) is 11.7 Å². The maximum absolute atomic E-state index is 13.7. The molecule has 1 fully saturated rings. The van der Waals surface area contributed by atoms with Crippen molar-refractivity contribution >= 4 is 5.91 Å². The fraction of sp³-hybridized carbons (Fsp3) is 0.333. The van der Waals surface area contributed by atoms with Gasteiger partial charge in [0, 0.05) is 31.9 Å². The van der Waals surface area contributed by atoms with Crippen LogP contribution in [0.15, 0.2) is 48.7 Å². The van der Waals surface area contributed by atoms with Gasteiger partial charge in [0.25, 0.3) is 5.91 Å². The van der Waals surface area contributed by atoms with Crippen molar-refractivity contribution in [1.82, 2.24) is 30.2 Å². The Morgan fingerprint density at radius 3 is 2.44 bits per heavy atom. The number of rotatable bonds is 5. The van der Waals surface area contributed by atoms with Gasteiger partial charge < -0.3 is 5.32 Å². The van der Waals surface area contributed by atoms with Crippen molar-refractivity contribution in [2.24, 2.45) is 0 Å². The van der Waals surface area contributed by atoms with Crippen molar-refractivity contribution in [2.75, 3.05) is 13.1 Å². The van der Waals surface area contributed by atoms with E-state index in [1.807, 2.05) is 18.2 Å². The van der Waals surface area contributed by atoms with Gasteiger partial charge in [0.2, 0.25) is 0 Å². The molecule has 1 saturated heterocycles. The molecular formula is C21H20F4N6O. The average molecular weight is 448 g/mol. The summed E-state index contributed by atoms with van der Waals surface area (Å²) in [6, 6.07) is 9.69. The van der Waals surface area contributed by atoms with Gasteiger partial charge in [0.05, 0.1) is 11.4 Å². The first-order chi connectivity index (χ1) is 15.3. The Bertz CT molecular complexity index is 1060. The molecule has 1 aliphatic heterocycles. The van der Waals surface area contributed by atoms with Gasteiger partial charge >= 0.3 is 6.18 Å². The summed E-state index contributed by atoms with van der Waals surface area (Å²) in [5.41, 5.74) is -1.22. The van der Waals surface area contributed by atoms with Gasteiger partial charge in [-0.05, 0) is 49.2 Å². The highest BCUT2D eigenvalue weighted by atomic mass is 19.4. The zero-order valence-electron chi connectivity index (χ0n) is 16.9. The zero-order chi connectivity index (χ0) is 22.7. The molecule has 11 heteroatoms. The molecule has 1 aliphatic rings. The maximum atomic E-state index is 13.7. The Balaban J connectivity index is 1.44. The van der Waals surface area contributed by atoms with Gasteiger partial charge in [-0.2, -0.15) is 13.2 Å². The highest BCUT2D eigenvalue weighted by Crippen LogP contribution is 2.33. The van der Waals surface area contributed by atoms with Crippen LogP contribution in [0.5, 0.6) is 0 Å². The fourth-order valence-electron chi connectivity index (χ4n) is 3.66. The molecule has 3 heterocycles. The standard InChI is InChI=1S/C21H20F4N6O/c22-14-4-6-17(7-5-14)31-19(21(23,24)25)18(28-29-31)20(32)27-15-8-11-30(12-9-15)13-16-3-1-2-10-26-16/h1-7,10,15H,8-9,11-13H2,(H,27,32). The second-order valence-electron chi connectivity index (χ2n) is 7.52. The van der Waals surface area contributed by atoms with Crippen molar-refractivity contribution in [3.05, 3.63) is 71.6 Å². The number of hydrogen-bond acceptors (Lipinski definition) is 5. The first-order valence-corrected chi connectivity index (χ1v) is 10.0. The SMILES string of the molecule is O=C(NC1CCN(Cc2ccccn2)CC1)c1nnn(-c2ccc(F)cc2)c1C(F)(F)F. The topological polar surface area (TPSA) is 75.9 Å². The van der Waals surface area contributed by atoms with Crippen LogP contribution in [0.4, 0.5) is 17.6 Å². The quantitative estimate of drug-likeness (QED) is 0.607. The summed E-state index contributed by atoms with van der Waals surface area (Å²) in [6.45, 7) is 2.03. The van der Waals surface area contributed by atoms with Gasteiger partial charge in [-0.3, -0.25) is 14.7 Å². The summed E-state index contributed by atoms with van der Waals surface area (Å²) in [6.07, 6.45) is -1.98. The molecule has 0 radical (unpaired) electrons. The summed E-state index contributed by atoms with van der Waals surface area (Å²) in [7, 11) is 0. The molecule has 7 nitrogen and oxygen atoms in total. The monoisotopic (exact) mass is 448 g/mol. The number of alkyl halides is 3. The number of amides is 1. The summed E-state index contributed by atoms with van der Waals surface area (Å²) < 4.78 is 54.9. The summed E-state index contributed by atoms with van der Waals surface area (Å²) in [5.74, 6) is -1.54. The van der Waals surface area contributed by atoms with Crippen molar-refractivity contribution in [3.63, 3.8) is 0 Å². The molecule has 32 heavy (non-hydrogen) atoms. The number of likely N-dealkylation sites (tertiary alicyclic amines) is 1. The van der Waals surface area contributed by atoms with E-state index < -0.39 is 29.3 Å². The van der Waals surface area contributed by atoms with Crippen LogP contribution in [0.2, 0.25) is 0 Å². The Kier molecular flexibility index (Phi) is 6.17. The van der Waals surface area contributed by atoms with Crippen molar-refractivity contribution in [2.45, 2.75) is 31.6 Å². The molecule has 2 aromatic heterocycles. The fourth-order valence-corrected chi connectivity index (χ4v) is 3.66. The Morgan fingerprint density at radius 1 is 1.09 bits per heavy atom. The second kappa shape index (κ2) is 9.03. The van der Waals surface area contributed by atoms with E-state index >= 15 is 0 Å². The van der Waals surface area contributed by atoms with E-state index in [1.54, 1.807) is 6.20 Å². The predicted octanol–water partition coefficient (Wildman–Crippen LogP) is 3.21. The number of hydrogen-bond donors (Lipinski definition) is 1. The maximum Gasteiger partial charge on any atom is 0.435 e. The third-order valence-corrected chi connectivity index (χ3v) is 5.26. The van der Waals surface area contributed by atoms with Crippen LogP contribution >= 0.6 is 0 Å². The summed E-state index contributed by atoms with van der Waals surface area (Å²) >= 11 is 0. The molecule has 0 saturated carbocycles. The first kappa shape index (κ1) is 21.9. The number of carbonyl (C=O) groups excluding carboxylic acids is 1. The van der Waals surface area contributed by atoms with Crippen LogP contribution in [0.3, 0.4) is 0 Å². The van der Waals surface area contributed by atoms with E-state index in [1.165, 1.54) is 0 Å². The van der Waals surface area contributed by atoms with Crippen LogP contribution in [0.25, 0.3) is 5.69 Å². The summed E-state index contributed by atoms with van der Waals surface area (Å²) in [4.78, 5) is 19.1. The number of pyridine rings is 1. The van der Waals surface area contributed by atoms with E-state index in [4.69, 9.17) is 0 Å². The highest BCUT2D eigenvalue weighted by molar-refractivity contribution is 5.93. The lowest BCUT2D eigenvalue weighted by atomic mass is 10.0. The van der Waals surface area contributed by atoms with Crippen LogP contribution in [0, 0.1) is 5.82 Å². The minimum atomic E-state index is -4.88. The third kappa shape index (κ3) is 4.93. The van der Waals surface area contributed by atoms with Crippen LogP contribution in [0.1, 0.15) is 34.7 Å². The minimum Gasteiger partial charge on any atom is -0.348 e. The van der Waals surface area contributed by atoms with Gasteiger partial charge in [0.15, 0.2) is 11.4 Å². The van der Waals surface area contributed by atoms with Gasteiger partial charge in [0.1, 0.15) is 5.82 Å². The molecule has 0 aliphatic carbocycles. The lowest BCUT2D eigenvalue weighted by Crippen LogP contribution is -2.44. The van der Waals surface area contributed by atoms with Crippen LogP contribution in [-0.2, 0) is 12.7 Å². The molecule has 0 atom stereocenters. The van der Waals surface area contributed by atoms with E-state index in [0.717, 1.165) is 30.0 Å². The number of benzene rings is 1. The number of nitrogens with one attached hydrogen (secondary N) is 1. The molecule has 1 amide bonds. The van der Waals surface area contributed by atoms with Gasteiger partial charge in [-0.15, -0.1) is 5.10 Å². The van der Waals surface area contributed by atoms with E-state index in [9.17, 15) is 22.4 Å². The molecule has 1 aromatic carbocycles. The number of carbonyl (C=O) groups is 1. The molecular weight excluding hydrogens is 428 g/mol. The second-order valence-corrected chi connectivity index (χ2v) is 7.52. The normalized spacial score (nSPS) is 15.6. The molecule has 0 bridgehead atoms. The van der Waals surface area contributed by atoms with E-state index in [2.05, 4.69) is 25.5 Å². The molecule has 1 N–H and O–H groups in total. The molecule has 0 spiro atoms. The number of aromatic nitrogens is 4. The van der Waals surface area contributed by atoms with Crippen molar-refractivity contribution < 1.29 is 22.4 Å². The largest absolute Gasteiger partial charge is 0.435 e. The number of nitrogens with zero attached hydrogens (tertiary/aromatic N) is 5. The lowest BCUT2D eigenvalue weighted by Gasteiger charge is -2.32. The van der Waals surface area contributed by atoms with Gasteiger partial charge in [-0.1, -0.05) is 11.3 Å². The zero-order valence-corrected chi connectivity index (χ0v) is 16.9. The minimum absolute atomic E-state index is 0.0481. The Hall–Kier alpha value is -3.34. The summed E-state index contributed by atoms with van der Waals surface area (Å²) in [5, 5.41) is 9.64. The Labute approximate surface area is 181 Å². The molecule has 168 valence electrons. The highest BCUT2D eigenvalue weighted by Gasteiger charge is 2.42. The number of halogens is 4. The molecule has 3 aromatic rings. The van der Waals surface area contributed by atoms with Gasteiger partial charge in [-0.25, -0.2) is 9.07 Å². The predicted molar refractivity (Wildman–Crippen MR) is 106 cm³/mol. The molecule has 0 unspecified atom stereocenters. The smallest absolute Gasteiger partial charge is 0.348 e. The van der Waals surface area contributed by atoms with E-state index in [0.29, 0.717) is 37.2 Å². The number of piperidine rings is 1. The van der Waals surface area contributed by atoms with Crippen LogP contribution < -0.4 is 5.32 Å². The van der Waals surface area contributed by atoms with Crippen molar-refractivity contribution in [3.8, 4) is 5.69 Å².